The molecule has 0 spiro atoms. The molecule has 28 heavy (non-hydrogen) atoms. The minimum absolute atomic E-state index is 0. The molecule has 1 amide bonds. The predicted molar refractivity (Wildman–Crippen MR) is 128 cm³/mol. The highest BCUT2D eigenvalue weighted by atomic mass is 127. The van der Waals surface area contributed by atoms with Crippen LogP contribution in [-0.4, -0.2) is 61.0 Å². The zero-order valence-electron chi connectivity index (χ0n) is 17.0. The summed E-state index contributed by atoms with van der Waals surface area (Å²) in [5.74, 6) is 0.854. The first kappa shape index (κ1) is 24.9. The van der Waals surface area contributed by atoms with Crippen LogP contribution in [0.2, 0.25) is 0 Å². The lowest BCUT2D eigenvalue weighted by atomic mass is 10.1. The number of thioether (sulfide) groups is 1. The quantitative estimate of drug-likeness (QED) is 0.247. The fourth-order valence-electron chi connectivity index (χ4n) is 2.92. The first-order valence-corrected chi connectivity index (χ1v) is 10.7. The topological polar surface area (TPSA) is 66.0 Å². The van der Waals surface area contributed by atoms with Gasteiger partial charge in [0, 0.05) is 35.8 Å². The highest BCUT2D eigenvalue weighted by Crippen LogP contribution is 2.22. The molecular formula is C20H33IN4O2S. The summed E-state index contributed by atoms with van der Waals surface area (Å²) in [6.07, 6.45) is 1.60. The number of nitrogens with zero attached hydrogens (tertiary/aromatic N) is 2. The Bertz CT molecular complexity index is 595. The minimum atomic E-state index is -0.205. The third-order valence-corrected chi connectivity index (χ3v) is 5.39. The van der Waals surface area contributed by atoms with Crippen LogP contribution in [0.3, 0.4) is 0 Å². The van der Waals surface area contributed by atoms with Gasteiger partial charge in [-0.1, -0.05) is 25.1 Å². The molecule has 1 aliphatic rings. The van der Waals surface area contributed by atoms with Gasteiger partial charge in [-0.15, -0.1) is 35.7 Å². The van der Waals surface area contributed by atoms with Crippen LogP contribution < -0.4 is 10.6 Å². The van der Waals surface area contributed by atoms with Gasteiger partial charge >= 0.3 is 6.09 Å². The average molecular weight is 520 g/mol. The van der Waals surface area contributed by atoms with Crippen LogP contribution in [-0.2, 0) is 4.74 Å². The lowest BCUT2D eigenvalue weighted by Gasteiger charge is -2.32. The summed E-state index contributed by atoms with van der Waals surface area (Å²) >= 11 is 1.84. The van der Waals surface area contributed by atoms with Crippen molar-refractivity contribution < 1.29 is 9.53 Å². The van der Waals surface area contributed by atoms with E-state index < -0.39 is 0 Å². The molecule has 0 aromatic heterocycles. The van der Waals surface area contributed by atoms with Gasteiger partial charge in [0.1, 0.15) is 0 Å². The van der Waals surface area contributed by atoms with Gasteiger partial charge in [-0.25, -0.2) is 4.79 Å². The fraction of sp³-hybridized carbons (Fsp3) is 0.600. The zero-order chi connectivity index (χ0) is 19.5. The molecule has 1 aromatic carbocycles. The Morgan fingerprint density at radius 2 is 1.96 bits per heavy atom. The Balaban J connectivity index is 0.00000392. The van der Waals surface area contributed by atoms with E-state index in [2.05, 4.69) is 48.7 Å². The smallest absolute Gasteiger partial charge is 0.409 e. The van der Waals surface area contributed by atoms with Gasteiger partial charge in [0.2, 0.25) is 0 Å². The van der Waals surface area contributed by atoms with E-state index in [-0.39, 0.29) is 30.1 Å². The van der Waals surface area contributed by atoms with Gasteiger partial charge < -0.3 is 20.3 Å². The number of amides is 1. The maximum Gasteiger partial charge on any atom is 0.409 e. The van der Waals surface area contributed by atoms with Crippen LogP contribution in [0.5, 0.6) is 0 Å². The molecule has 1 saturated heterocycles. The summed E-state index contributed by atoms with van der Waals surface area (Å²) < 4.78 is 5.08. The second kappa shape index (κ2) is 13.9. The molecule has 1 heterocycles. The number of guanidine groups is 1. The summed E-state index contributed by atoms with van der Waals surface area (Å²) in [6, 6.07) is 10.7. The van der Waals surface area contributed by atoms with E-state index in [0.29, 0.717) is 17.9 Å². The number of carbonyl (C=O) groups is 1. The number of aliphatic imine (C=N–C) groups is 1. The first-order valence-electron chi connectivity index (χ1n) is 9.80. The summed E-state index contributed by atoms with van der Waals surface area (Å²) in [5.41, 5.74) is 0. The number of nitrogens with one attached hydrogen (secondary N) is 2. The minimum Gasteiger partial charge on any atom is -0.450 e. The molecule has 1 atom stereocenters. The van der Waals surface area contributed by atoms with Crippen LogP contribution in [0.25, 0.3) is 0 Å². The maximum atomic E-state index is 11.8. The Morgan fingerprint density at radius 3 is 2.57 bits per heavy atom. The Morgan fingerprint density at radius 1 is 1.29 bits per heavy atom. The number of hydrogen-bond acceptors (Lipinski definition) is 4. The fourth-order valence-corrected chi connectivity index (χ4v) is 3.85. The molecule has 1 aliphatic heterocycles. The summed E-state index contributed by atoms with van der Waals surface area (Å²) in [7, 11) is 0. The number of piperidine rings is 1. The lowest BCUT2D eigenvalue weighted by Crippen LogP contribution is -2.50. The van der Waals surface area contributed by atoms with Gasteiger partial charge in [-0.3, -0.25) is 4.99 Å². The van der Waals surface area contributed by atoms with E-state index in [0.717, 1.165) is 45.0 Å². The lowest BCUT2D eigenvalue weighted by molar-refractivity contribution is 0.0963. The predicted octanol–water partition coefficient (Wildman–Crippen LogP) is 3.96. The van der Waals surface area contributed by atoms with Crippen molar-refractivity contribution >= 4 is 47.8 Å². The van der Waals surface area contributed by atoms with Gasteiger partial charge in [0.25, 0.3) is 0 Å². The third kappa shape index (κ3) is 8.89. The van der Waals surface area contributed by atoms with E-state index >= 15 is 0 Å². The Labute approximate surface area is 190 Å². The number of benzene rings is 1. The van der Waals surface area contributed by atoms with E-state index in [4.69, 9.17) is 9.73 Å². The van der Waals surface area contributed by atoms with E-state index in [9.17, 15) is 4.79 Å². The number of carbonyl (C=O) groups excluding carboxylic acids is 1. The van der Waals surface area contributed by atoms with Crippen molar-refractivity contribution in [3.8, 4) is 0 Å². The third-order valence-electron chi connectivity index (χ3n) is 4.29. The highest BCUT2D eigenvalue weighted by molar-refractivity contribution is 14.0. The molecule has 0 saturated carbocycles. The SMILES string of the molecule is CCNC(=NCC(C)Sc1ccccc1)NC1CCN(C(=O)OCC)CC1.I. The first-order chi connectivity index (χ1) is 13.1. The van der Waals surface area contributed by atoms with Gasteiger partial charge in [0.05, 0.1) is 13.2 Å². The average Bonchev–Trinajstić information content (AvgIpc) is 2.68. The normalized spacial score (nSPS) is 16.1. The standard InChI is InChI=1S/C20H32N4O2S.HI/c1-4-21-19(22-15-16(3)27-18-9-7-6-8-10-18)23-17-11-13-24(14-12-17)20(25)26-5-2;/h6-10,16-17H,4-5,11-15H2,1-3H3,(H2,21,22,23);1H. The second-order valence-corrected chi connectivity index (χ2v) is 8.08. The highest BCUT2D eigenvalue weighted by Gasteiger charge is 2.24. The van der Waals surface area contributed by atoms with Gasteiger partial charge in [0.15, 0.2) is 5.96 Å². The maximum absolute atomic E-state index is 11.8. The monoisotopic (exact) mass is 520 g/mol. The summed E-state index contributed by atoms with van der Waals surface area (Å²) in [4.78, 5) is 19.6. The van der Waals surface area contributed by atoms with Crippen molar-refractivity contribution in [3.63, 3.8) is 0 Å². The number of rotatable bonds is 7. The molecule has 1 unspecified atom stereocenters. The summed E-state index contributed by atoms with van der Waals surface area (Å²) in [6.45, 7) is 9.54. The van der Waals surface area contributed by atoms with Crippen molar-refractivity contribution in [3.05, 3.63) is 30.3 Å². The Kier molecular flexibility index (Phi) is 12.4. The van der Waals surface area contributed by atoms with Crippen molar-refractivity contribution in [1.82, 2.24) is 15.5 Å². The van der Waals surface area contributed by atoms with Crippen molar-refractivity contribution in [1.29, 1.82) is 0 Å². The van der Waals surface area contributed by atoms with E-state index in [1.165, 1.54) is 4.90 Å². The van der Waals surface area contributed by atoms with Crippen molar-refractivity contribution in [2.45, 2.75) is 49.8 Å². The van der Waals surface area contributed by atoms with Crippen LogP contribution in [0.4, 0.5) is 4.79 Å². The molecule has 1 aromatic rings. The molecule has 0 bridgehead atoms. The number of likely N-dealkylation sites (tertiary alicyclic amines) is 1. The molecule has 2 N–H and O–H groups in total. The van der Waals surface area contributed by atoms with E-state index in [1.807, 2.05) is 24.8 Å². The van der Waals surface area contributed by atoms with Crippen LogP contribution in [0, 0.1) is 0 Å². The molecule has 8 heteroatoms. The number of hydrogen-bond donors (Lipinski definition) is 2. The van der Waals surface area contributed by atoms with Crippen LogP contribution in [0.1, 0.15) is 33.6 Å². The molecule has 0 radical (unpaired) electrons. The van der Waals surface area contributed by atoms with Crippen molar-refractivity contribution in [2.75, 3.05) is 32.8 Å². The molecule has 0 aliphatic carbocycles. The largest absolute Gasteiger partial charge is 0.450 e. The number of halogens is 1. The molecule has 158 valence electrons. The molecular weight excluding hydrogens is 487 g/mol. The van der Waals surface area contributed by atoms with Crippen LogP contribution >= 0.6 is 35.7 Å². The van der Waals surface area contributed by atoms with Gasteiger partial charge in [-0.05, 0) is 38.8 Å². The van der Waals surface area contributed by atoms with Gasteiger partial charge in [-0.2, -0.15) is 0 Å². The number of ether oxygens (including phenoxy) is 1. The summed E-state index contributed by atoms with van der Waals surface area (Å²) in [5, 5.41) is 7.24. The van der Waals surface area contributed by atoms with E-state index in [1.54, 1.807) is 4.90 Å². The van der Waals surface area contributed by atoms with Crippen molar-refractivity contribution in [2.24, 2.45) is 4.99 Å². The Hall–Kier alpha value is -1.16. The molecule has 2 rings (SSSR count). The van der Waals surface area contributed by atoms with Crippen LogP contribution in [0.15, 0.2) is 40.2 Å². The zero-order valence-corrected chi connectivity index (χ0v) is 20.2. The molecule has 1 fully saturated rings. The second-order valence-electron chi connectivity index (χ2n) is 6.57. The molecule has 6 nitrogen and oxygen atoms in total.